The number of benzene rings is 1. The molecule has 0 saturated heterocycles. The predicted molar refractivity (Wildman–Crippen MR) is 81.9 cm³/mol. The number of amides is 1. The van der Waals surface area contributed by atoms with E-state index in [0.29, 0.717) is 18.0 Å². The van der Waals surface area contributed by atoms with E-state index in [2.05, 4.69) is 5.32 Å². The zero-order valence-corrected chi connectivity index (χ0v) is 13.0. The van der Waals surface area contributed by atoms with Crippen molar-refractivity contribution in [1.29, 1.82) is 0 Å². The van der Waals surface area contributed by atoms with Gasteiger partial charge in [-0.1, -0.05) is 13.3 Å². The van der Waals surface area contributed by atoms with Crippen molar-refractivity contribution in [2.24, 2.45) is 0 Å². The lowest BCUT2D eigenvalue weighted by atomic mass is 10.2. The molecule has 6 nitrogen and oxygen atoms in total. The van der Waals surface area contributed by atoms with Gasteiger partial charge in [0.25, 0.3) is 0 Å². The Morgan fingerprint density at radius 2 is 2.14 bits per heavy atom. The molecule has 7 heteroatoms. The van der Waals surface area contributed by atoms with Crippen molar-refractivity contribution in [2.75, 3.05) is 24.3 Å². The standard InChI is InChI=1S/C15H17NO5S/c1-2-3-6-20-14(18)8-21-15(19)10-4-5-12-11(7-10)16-13(17)9-22-12/h4-5,7H,2-3,6,8-9H2,1H3,(H,16,17). The molecule has 1 aliphatic rings. The summed E-state index contributed by atoms with van der Waals surface area (Å²) >= 11 is 1.41. The molecular weight excluding hydrogens is 306 g/mol. The van der Waals surface area contributed by atoms with E-state index in [4.69, 9.17) is 9.47 Å². The number of carbonyl (C=O) groups excluding carboxylic acids is 3. The van der Waals surface area contributed by atoms with Crippen LogP contribution >= 0.6 is 11.8 Å². The Morgan fingerprint density at radius 3 is 2.91 bits per heavy atom. The molecule has 0 fully saturated rings. The summed E-state index contributed by atoms with van der Waals surface area (Å²) in [5.74, 6) is -0.938. The normalized spacial score (nSPS) is 13.0. The van der Waals surface area contributed by atoms with Crippen molar-refractivity contribution in [3.63, 3.8) is 0 Å². The lowest BCUT2D eigenvalue weighted by Gasteiger charge is -2.16. The lowest BCUT2D eigenvalue weighted by Crippen LogP contribution is -2.20. The van der Waals surface area contributed by atoms with Crippen molar-refractivity contribution < 1.29 is 23.9 Å². The molecule has 0 radical (unpaired) electrons. The molecule has 0 atom stereocenters. The van der Waals surface area contributed by atoms with Crippen LogP contribution in [0, 0.1) is 0 Å². The number of hydrogen-bond donors (Lipinski definition) is 1. The van der Waals surface area contributed by atoms with Crippen molar-refractivity contribution in [2.45, 2.75) is 24.7 Å². The van der Waals surface area contributed by atoms with Gasteiger partial charge in [-0.3, -0.25) is 4.79 Å². The van der Waals surface area contributed by atoms with Gasteiger partial charge in [0.15, 0.2) is 6.61 Å². The van der Waals surface area contributed by atoms with Crippen LogP contribution in [-0.2, 0) is 19.1 Å². The third-order valence-electron chi connectivity index (χ3n) is 2.93. The van der Waals surface area contributed by atoms with Crippen LogP contribution in [0.25, 0.3) is 0 Å². The first kappa shape index (κ1) is 16.4. The number of thioether (sulfide) groups is 1. The van der Waals surface area contributed by atoms with E-state index in [1.807, 2.05) is 6.92 Å². The van der Waals surface area contributed by atoms with Crippen molar-refractivity contribution >= 4 is 35.3 Å². The monoisotopic (exact) mass is 323 g/mol. The lowest BCUT2D eigenvalue weighted by molar-refractivity contribution is -0.147. The van der Waals surface area contributed by atoms with E-state index in [0.717, 1.165) is 17.7 Å². The van der Waals surface area contributed by atoms with Crippen molar-refractivity contribution in [1.82, 2.24) is 0 Å². The van der Waals surface area contributed by atoms with Gasteiger partial charge >= 0.3 is 11.9 Å². The number of esters is 2. The topological polar surface area (TPSA) is 81.7 Å². The third kappa shape index (κ3) is 4.49. The third-order valence-corrected chi connectivity index (χ3v) is 4.00. The highest BCUT2D eigenvalue weighted by atomic mass is 32.2. The smallest absolute Gasteiger partial charge is 0.344 e. The molecule has 1 aromatic carbocycles. The maximum atomic E-state index is 11.9. The SMILES string of the molecule is CCCCOC(=O)COC(=O)c1ccc2c(c1)NC(=O)CS2. The summed E-state index contributed by atoms with van der Waals surface area (Å²) in [6.07, 6.45) is 1.70. The minimum atomic E-state index is -0.625. The van der Waals surface area contributed by atoms with E-state index >= 15 is 0 Å². The first-order valence-corrected chi connectivity index (χ1v) is 7.98. The fraction of sp³-hybridized carbons (Fsp3) is 0.400. The second-order valence-corrected chi connectivity index (χ2v) is 5.72. The summed E-state index contributed by atoms with van der Waals surface area (Å²) in [6.45, 7) is 1.90. The highest BCUT2D eigenvalue weighted by molar-refractivity contribution is 8.00. The minimum Gasteiger partial charge on any atom is -0.463 e. The highest BCUT2D eigenvalue weighted by Gasteiger charge is 2.18. The molecule has 0 aliphatic carbocycles. The van der Waals surface area contributed by atoms with E-state index in [9.17, 15) is 14.4 Å². The van der Waals surface area contributed by atoms with Gasteiger partial charge in [-0.2, -0.15) is 0 Å². The molecule has 118 valence electrons. The zero-order valence-electron chi connectivity index (χ0n) is 12.2. The van der Waals surface area contributed by atoms with E-state index in [1.165, 1.54) is 11.8 Å². The summed E-state index contributed by atoms with van der Waals surface area (Å²) in [7, 11) is 0. The van der Waals surface area contributed by atoms with Gasteiger partial charge < -0.3 is 14.8 Å². The van der Waals surface area contributed by atoms with Crippen LogP contribution in [-0.4, -0.2) is 36.8 Å². The molecule has 1 aliphatic heterocycles. The zero-order chi connectivity index (χ0) is 15.9. The Labute approximate surface area is 132 Å². The second kappa shape index (κ2) is 7.84. The Hall–Kier alpha value is -2.02. The number of ether oxygens (including phenoxy) is 2. The fourth-order valence-electron chi connectivity index (χ4n) is 1.79. The van der Waals surface area contributed by atoms with Crippen LogP contribution in [0.5, 0.6) is 0 Å². The minimum absolute atomic E-state index is 0.109. The molecule has 0 saturated carbocycles. The number of carbonyl (C=O) groups is 3. The van der Waals surface area contributed by atoms with Gasteiger partial charge in [-0.25, -0.2) is 9.59 Å². The second-order valence-electron chi connectivity index (χ2n) is 4.70. The van der Waals surface area contributed by atoms with Gasteiger partial charge in [0.2, 0.25) is 5.91 Å². The molecule has 0 spiro atoms. The highest BCUT2D eigenvalue weighted by Crippen LogP contribution is 2.32. The average Bonchev–Trinajstić information content (AvgIpc) is 2.52. The first-order chi connectivity index (χ1) is 10.6. The van der Waals surface area contributed by atoms with Gasteiger partial charge in [0.05, 0.1) is 23.6 Å². The maximum absolute atomic E-state index is 11.9. The van der Waals surface area contributed by atoms with Crippen molar-refractivity contribution in [3.05, 3.63) is 23.8 Å². The molecule has 0 aromatic heterocycles. The maximum Gasteiger partial charge on any atom is 0.344 e. The van der Waals surface area contributed by atoms with Gasteiger partial charge in [-0.05, 0) is 24.6 Å². The number of fused-ring (bicyclic) bond motifs is 1. The number of anilines is 1. The summed E-state index contributed by atoms with van der Waals surface area (Å²) in [6, 6.07) is 4.90. The number of hydrogen-bond acceptors (Lipinski definition) is 6. The Balaban J connectivity index is 1.89. The molecule has 22 heavy (non-hydrogen) atoms. The first-order valence-electron chi connectivity index (χ1n) is 6.99. The summed E-state index contributed by atoms with van der Waals surface area (Å²) in [5.41, 5.74) is 0.865. The molecule has 1 N–H and O–H groups in total. The predicted octanol–water partition coefficient (Wildman–Crippen LogP) is 2.23. The molecule has 1 amide bonds. The molecule has 1 heterocycles. The number of rotatable bonds is 6. The molecule has 2 rings (SSSR count). The van der Waals surface area contributed by atoms with Crippen molar-refractivity contribution in [3.8, 4) is 0 Å². The van der Waals surface area contributed by atoms with Crippen LogP contribution in [0.4, 0.5) is 5.69 Å². The summed E-state index contributed by atoms with van der Waals surface area (Å²) < 4.78 is 9.80. The summed E-state index contributed by atoms with van der Waals surface area (Å²) in [5, 5.41) is 2.70. The average molecular weight is 323 g/mol. The van der Waals surface area contributed by atoms with Crippen LogP contribution < -0.4 is 5.32 Å². The Bertz CT molecular complexity index is 587. The van der Waals surface area contributed by atoms with E-state index in [1.54, 1.807) is 18.2 Å². The fourth-order valence-corrected chi connectivity index (χ4v) is 2.58. The van der Waals surface area contributed by atoms with Gasteiger partial charge in [0, 0.05) is 4.90 Å². The van der Waals surface area contributed by atoms with Crippen LogP contribution in [0.1, 0.15) is 30.1 Å². The van der Waals surface area contributed by atoms with Crippen LogP contribution in [0.15, 0.2) is 23.1 Å². The largest absolute Gasteiger partial charge is 0.463 e. The molecular formula is C15H17NO5S. The summed E-state index contributed by atoms with van der Waals surface area (Å²) in [4.78, 5) is 35.5. The van der Waals surface area contributed by atoms with Gasteiger partial charge in [-0.15, -0.1) is 11.8 Å². The molecule has 1 aromatic rings. The van der Waals surface area contributed by atoms with E-state index < -0.39 is 18.5 Å². The Kier molecular flexibility index (Phi) is 5.83. The molecule has 0 bridgehead atoms. The molecule has 0 unspecified atom stereocenters. The van der Waals surface area contributed by atoms with Crippen LogP contribution in [0.3, 0.4) is 0 Å². The Morgan fingerprint density at radius 1 is 1.32 bits per heavy atom. The quantitative estimate of drug-likeness (QED) is 0.638. The van der Waals surface area contributed by atoms with E-state index in [-0.39, 0.29) is 11.5 Å². The van der Waals surface area contributed by atoms with Gasteiger partial charge in [0.1, 0.15) is 0 Å². The number of nitrogens with one attached hydrogen (secondary N) is 1. The van der Waals surface area contributed by atoms with Crippen LogP contribution in [0.2, 0.25) is 0 Å². The number of unbranched alkanes of at least 4 members (excludes halogenated alkanes) is 1.